The van der Waals surface area contributed by atoms with Gasteiger partial charge in [-0.3, -0.25) is 4.39 Å². The van der Waals surface area contributed by atoms with Crippen molar-refractivity contribution in [3.63, 3.8) is 0 Å². The van der Waals surface area contributed by atoms with Crippen LogP contribution in [0.4, 0.5) is 8.78 Å². The Morgan fingerprint density at radius 3 is 1.94 bits per heavy atom. The van der Waals surface area contributed by atoms with Crippen molar-refractivity contribution in [1.82, 2.24) is 0 Å². The summed E-state index contributed by atoms with van der Waals surface area (Å²) in [7, 11) is -4.44. The molecule has 0 rings (SSSR count). The SMILES string of the molecule is O=S(=O)([O-])CC(F)CCCCCCCCF.[Na+]. The molecule has 0 amide bonds. The van der Waals surface area contributed by atoms with Gasteiger partial charge in [-0.1, -0.05) is 32.1 Å². The Morgan fingerprint density at radius 1 is 1.00 bits per heavy atom. The fourth-order valence-electron chi connectivity index (χ4n) is 1.47. The fraction of sp³-hybridized carbons (Fsp3) is 1.00. The second-order valence-corrected chi connectivity index (χ2v) is 5.37. The molecule has 0 spiro atoms. The summed E-state index contributed by atoms with van der Waals surface area (Å²) in [6.07, 6.45) is 3.17. The van der Waals surface area contributed by atoms with E-state index in [9.17, 15) is 21.8 Å². The molecule has 0 saturated heterocycles. The smallest absolute Gasteiger partial charge is 0.748 e. The van der Waals surface area contributed by atoms with E-state index >= 15 is 0 Å². The normalized spacial score (nSPS) is 13.1. The zero-order chi connectivity index (χ0) is 12.4. The summed E-state index contributed by atoms with van der Waals surface area (Å²) in [5, 5.41) is 0. The van der Waals surface area contributed by atoms with Crippen LogP contribution in [0.5, 0.6) is 0 Å². The van der Waals surface area contributed by atoms with E-state index in [1.807, 2.05) is 0 Å². The molecule has 0 aliphatic rings. The maximum absolute atomic E-state index is 12.9. The quantitative estimate of drug-likeness (QED) is 0.310. The van der Waals surface area contributed by atoms with Crippen molar-refractivity contribution in [2.75, 3.05) is 12.4 Å². The summed E-state index contributed by atoms with van der Waals surface area (Å²) >= 11 is 0. The number of rotatable bonds is 10. The van der Waals surface area contributed by atoms with E-state index in [0.717, 1.165) is 25.7 Å². The first kappa shape index (κ1) is 20.1. The maximum atomic E-state index is 12.9. The third-order valence-corrected chi connectivity index (χ3v) is 3.06. The standard InChI is InChI=1S/C10H20F2O3S.Na/c11-8-6-4-2-1-3-5-7-10(12)9-16(13,14)15;/h10H,1-9H2,(H,13,14,15);/q;+1/p-1. The van der Waals surface area contributed by atoms with Crippen LogP contribution >= 0.6 is 0 Å². The van der Waals surface area contributed by atoms with Gasteiger partial charge in [0.05, 0.1) is 22.5 Å². The largest absolute Gasteiger partial charge is 1.00 e. The molecule has 7 heteroatoms. The van der Waals surface area contributed by atoms with E-state index in [2.05, 4.69) is 0 Å². The van der Waals surface area contributed by atoms with E-state index in [0.29, 0.717) is 12.8 Å². The molecular formula is C10H19F2NaO3S. The molecule has 0 aromatic rings. The van der Waals surface area contributed by atoms with Gasteiger partial charge in [-0.25, -0.2) is 12.8 Å². The van der Waals surface area contributed by atoms with Gasteiger partial charge in [0.1, 0.15) is 6.17 Å². The monoisotopic (exact) mass is 280 g/mol. The van der Waals surface area contributed by atoms with Crippen LogP contribution in [0.15, 0.2) is 0 Å². The number of hydrogen-bond donors (Lipinski definition) is 0. The van der Waals surface area contributed by atoms with Crippen molar-refractivity contribution in [2.24, 2.45) is 0 Å². The minimum absolute atomic E-state index is 0. The summed E-state index contributed by atoms with van der Waals surface area (Å²) in [5.74, 6) is -0.922. The van der Waals surface area contributed by atoms with Crippen LogP contribution in [-0.2, 0) is 10.1 Å². The molecule has 98 valence electrons. The van der Waals surface area contributed by atoms with Crippen molar-refractivity contribution in [3.8, 4) is 0 Å². The predicted molar refractivity (Wildman–Crippen MR) is 57.8 cm³/mol. The summed E-state index contributed by atoms with van der Waals surface area (Å²) in [5.41, 5.74) is 0. The third-order valence-electron chi connectivity index (χ3n) is 2.29. The Hall–Kier alpha value is 0.770. The molecule has 0 bridgehead atoms. The third kappa shape index (κ3) is 16.8. The first-order valence-electron chi connectivity index (χ1n) is 5.59. The molecule has 1 unspecified atom stereocenters. The average Bonchev–Trinajstić information content (AvgIpc) is 2.13. The van der Waals surface area contributed by atoms with Gasteiger partial charge < -0.3 is 4.55 Å². The van der Waals surface area contributed by atoms with E-state index in [1.54, 1.807) is 0 Å². The fourth-order valence-corrected chi connectivity index (χ4v) is 2.08. The first-order valence-corrected chi connectivity index (χ1v) is 7.17. The second-order valence-electron chi connectivity index (χ2n) is 3.92. The number of unbranched alkanes of at least 4 members (excludes halogenated alkanes) is 5. The van der Waals surface area contributed by atoms with Crippen molar-refractivity contribution in [2.45, 2.75) is 51.1 Å². The maximum Gasteiger partial charge on any atom is 1.00 e. The summed E-state index contributed by atoms with van der Waals surface area (Å²) in [4.78, 5) is 0. The summed E-state index contributed by atoms with van der Waals surface area (Å²) in [6.45, 7) is -0.298. The predicted octanol–water partition coefficient (Wildman–Crippen LogP) is -0.426. The van der Waals surface area contributed by atoms with Crippen molar-refractivity contribution < 1.29 is 51.3 Å². The Balaban J connectivity index is 0. The van der Waals surface area contributed by atoms with E-state index in [-0.39, 0.29) is 42.7 Å². The molecule has 0 aromatic heterocycles. The Bertz CT molecular complexity index is 260. The molecule has 17 heavy (non-hydrogen) atoms. The molecular weight excluding hydrogens is 261 g/mol. The van der Waals surface area contributed by atoms with Crippen LogP contribution in [0.2, 0.25) is 0 Å². The summed E-state index contributed by atoms with van der Waals surface area (Å²) < 4.78 is 55.2. The van der Waals surface area contributed by atoms with Gasteiger partial charge in [0.2, 0.25) is 0 Å². The van der Waals surface area contributed by atoms with Gasteiger partial charge in [-0.2, -0.15) is 0 Å². The van der Waals surface area contributed by atoms with Gasteiger partial charge in [-0.15, -0.1) is 0 Å². The van der Waals surface area contributed by atoms with Gasteiger partial charge >= 0.3 is 29.6 Å². The number of alkyl halides is 2. The Kier molecular flexibility index (Phi) is 14.0. The van der Waals surface area contributed by atoms with Crippen molar-refractivity contribution >= 4 is 10.1 Å². The molecule has 0 N–H and O–H groups in total. The summed E-state index contributed by atoms with van der Waals surface area (Å²) in [6, 6.07) is 0. The molecule has 0 aliphatic carbocycles. The minimum atomic E-state index is -4.44. The van der Waals surface area contributed by atoms with Gasteiger partial charge in [-0.05, 0) is 12.8 Å². The van der Waals surface area contributed by atoms with Crippen LogP contribution in [-0.4, -0.2) is 31.6 Å². The topological polar surface area (TPSA) is 57.2 Å². The second kappa shape index (κ2) is 11.8. The average molecular weight is 280 g/mol. The van der Waals surface area contributed by atoms with Crippen LogP contribution in [0.25, 0.3) is 0 Å². The van der Waals surface area contributed by atoms with Crippen LogP contribution in [0, 0.1) is 0 Å². The van der Waals surface area contributed by atoms with E-state index in [1.165, 1.54) is 0 Å². The zero-order valence-electron chi connectivity index (χ0n) is 10.3. The molecule has 0 aromatic carbocycles. The molecule has 0 heterocycles. The molecule has 0 saturated carbocycles. The molecule has 3 nitrogen and oxygen atoms in total. The Labute approximate surface area is 124 Å². The number of halogens is 2. The van der Waals surface area contributed by atoms with Gasteiger partial charge in [0, 0.05) is 0 Å². The van der Waals surface area contributed by atoms with Crippen molar-refractivity contribution in [1.29, 1.82) is 0 Å². The van der Waals surface area contributed by atoms with Crippen LogP contribution < -0.4 is 29.6 Å². The van der Waals surface area contributed by atoms with Gasteiger partial charge in [0.15, 0.2) is 0 Å². The van der Waals surface area contributed by atoms with Crippen LogP contribution in [0.3, 0.4) is 0 Å². The van der Waals surface area contributed by atoms with Crippen molar-refractivity contribution in [3.05, 3.63) is 0 Å². The molecule has 0 aliphatic heterocycles. The minimum Gasteiger partial charge on any atom is -0.748 e. The molecule has 0 fully saturated rings. The van der Waals surface area contributed by atoms with Gasteiger partial charge in [0.25, 0.3) is 0 Å². The van der Waals surface area contributed by atoms with Crippen LogP contribution in [0.1, 0.15) is 44.9 Å². The zero-order valence-corrected chi connectivity index (χ0v) is 13.1. The van der Waals surface area contributed by atoms with E-state index < -0.39 is 22.0 Å². The first-order chi connectivity index (χ1) is 7.45. The molecule has 0 radical (unpaired) electrons. The van der Waals surface area contributed by atoms with E-state index in [4.69, 9.17) is 0 Å². The molecule has 1 atom stereocenters. The Morgan fingerprint density at radius 2 is 1.47 bits per heavy atom. The number of hydrogen-bond acceptors (Lipinski definition) is 3.